The first-order chi connectivity index (χ1) is 16.4. The molecule has 9 nitrogen and oxygen atoms in total. The van der Waals surface area contributed by atoms with Crippen LogP contribution in [0.3, 0.4) is 0 Å². The monoisotopic (exact) mass is 456 g/mol. The molecule has 0 unspecified atom stereocenters. The van der Waals surface area contributed by atoms with Crippen LogP contribution in [0, 0.1) is 11.3 Å². The Morgan fingerprint density at radius 2 is 1.97 bits per heavy atom. The summed E-state index contributed by atoms with van der Waals surface area (Å²) in [6.45, 7) is 7.77. The van der Waals surface area contributed by atoms with Gasteiger partial charge in [-0.1, -0.05) is 6.07 Å². The Balaban J connectivity index is 1.65. The van der Waals surface area contributed by atoms with Gasteiger partial charge in [-0.15, -0.1) is 0 Å². The molecular weight excluding hydrogens is 428 g/mol. The highest BCUT2D eigenvalue weighted by Gasteiger charge is 2.22. The molecule has 0 saturated carbocycles. The van der Waals surface area contributed by atoms with Crippen LogP contribution in [-0.2, 0) is 18.4 Å². The predicted octanol–water partition coefficient (Wildman–Crippen LogP) is 3.56. The smallest absolute Gasteiger partial charge is 0.256 e. The van der Waals surface area contributed by atoms with Gasteiger partial charge in [0, 0.05) is 36.9 Å². The van der Waals surface area contributed by atoms with E-state index in [0.29, 0.717) is 35.3 Å². The Morgan fingerprint density at radius 1 is 1.15 bits per heavy atom. The number of anilines is 4. The molecule has 9 heteroatoms. The molecule has 4 rings (SSSR count). The molecule has 0 radical (unpaired) electrons. The number of pyridine rings is 1. The van der Waals surface area contributed by atoms with Gasteiger partial charge in [0.25, 0.3) is 5.91 Å². The summed E-state index contributed by atoms with van der Waals surface area (Å²) in [6.07, 6.45) is 4.14. The molecule has 1 aliphatic rings. The van der Waals surface area contributed by atoms with Crippen LogP contribution in [0.15, 0.2) is 42.7 Å². The maximum atomic E-state index is 12.6. The summed E-state index contributed by atoms with van der Waals surface area (Å²) in [4.78, 5) is 25.9. The number of aromatic nitrogens is 3. The van der Waals surface area contributed by atoms with E-state index in [1.54, 1.807) is 32.2 Å². The fourth-order valence-corrected chi connectivity index (χ4v) is 3.69. The molecule has 3 aromatic rings. The third-order valence-corrected chi connectivity index (χ3v) is 5.66. The van der Waals surface area contributed by atoms with E-state index in [-0.39, 0.29) is 5.91 Å². The van der Waals surface area contributed by atoms with Crippen molar-refractivity contribution in [3.8, 4) is 6.07 Å². The second-order valence-electron chi connectivity index (χ2n) is 8.64. The van der Waals surface area contributed by atoms with E-state index >= 15 is 0 Å². The van der Waals surface area contributed by atoms with Gasteiger partial charge in [0.05, 0.1) is 17.2 Å². The lowest BCUT2D eigenvalue weighted by Crippen LogP contribution is -2.24. The SMILES string of the molecule is CCNC(=O)c1cnc(Nc2ccc3c(c2)CNCC3)nc1Nc1ccnc(C(C)(C)C#N)c1. The van der Waals surface area contributed by atoms with E-state index in [9.17, 15) is 10.1 Å². The van der Waals surface area contributed by atoms with Gasteiger partial charge in [0.15, 0.2) is 0 Å². The van der Waals surface area contributed by atoms with Crippen molar-refractivity contribution in [3.63, 3.8) is 0 Å². The van der Waals surface area contributed by atoms with Crippen molar-refractivity contribution in [3.05, 3.63) is 65.1 Å². The molecule has 0 saturated heterocycles. The Morgan fingerprint density at radius 3 is 2.76 bits per heavy atom. The minimum atomic E-state index is -0.750. The molecule has 3 heterocycles. The Hall–Kier alpha value is -4.03. The summed E-state index contributed by atoms with van der Waals surface area (Å²) in [5, 5.41) is 22.1. The molecule has 4 N–H and O–H groups in total. The summed E-state index contributed by atoms with van der Waals surface area (Å²) < 4.78 is 0. The van der Waals surface area contributed by atoms with Gasteiger partial charge in [0.2, 0.25) is 5.95 Å². The third kappa shape index (κ3) is 5.13. The van der Waals surface area contributed by atoms with Crippen molar-refractivity contribution in [1.82, 2.24) is 25.6 Å². The van der Waals surface area contributed by atoms with Gasteiger partial charge in [-0.2, -0.15) is 10.2 Å². The average molecular weight is 457 g/mol. The van der Waals surface area contributed by atoms with Crippen LogP contribution in [0.25, 0.3) is 0 Å². The van der Waals surface area contributed by atoms with E-state index in [1.165, 1.54) is 17.3 Å². The van der Waals surface area contributed by atoms with Gasteiger partial charge in [-0.05, 0) is 69.1 Å². The topological polar surface area (TPSA) is 128 Å². The lowest BCUT2D eigenvalue weighted by Gasteiger charge is -2.18. The number of carbonyl (C=O) groups is 1. The normalized spacial score (nSPS) is 12.9. The number of benzene rings is 1. The van der Waals surface area contributed by atoms with E-state index in [4.69, 9.17) is 0 Å². The first-order valence-corrected chi connectivity index (χ1v) is 11.3. The minimum absolute atomic E-state index is 0.275. The zero-order valence-corrected chi connectivity index (χ0v) is 19.6. The highest BCUT2D eigenvalue weighted by molar-refractivity contribution is 5.99. The fraction of sp³-hybridized carbons (Fsp3) is 0.320. The average Bonchev–Trinajstić information content (AvgIpc) is 2.84. The highest BCUT2D eigenvalue weighted by atomic mass is 16.1. The quantitative estimate of drug-likeness (QED) is 0.425. The van der Waals surface area contributed by atoms with E-state index in [2.05, 4.69) is 54.4 Å². The summed E-state index contributed by atoms with van der Waals surface area (Å²) in [6, 6.07) is 12.0. The minimum Gasteiger partial charge on any atom is -0.352 e. The van der Waals surface area contributed by atoms with Crippen LogP contribution in [0.5, 0.6) is 0 Å². The Bertz CT molecular complexity index is 1250. The van der Waals surface area contributed by atoms with Crippen LogP contribution in [0.2, 0.25) is 0 Å². The summed E-state index contributed by atoms with van der Waals surface area (Å²) in [5.41, 5.74) is 4.32. The number of nitriles is 1. The van der Waals surface area contributed by atoms with Crippen LogP contribution >= 0.6 is 0 Å². The molecule has 0 spiro atoms. The van der Waals surface area contributed by atoms with Crippen molar-refractivity contribution >= 4 is 29.0 Å². The van der Waals surface area contributed by atoms with Gasteiger partial charge in [0.1, 0.15) is 11.4 Å². The Kier molecular flexibility index (Phi) is 6.70. The molecule has 0 fully saturated rings. The van der Waals surface area contributed by atoms with Crippen LogP contribution in [0.4, 0.5) is 23.1 Å². The van der Waals surface area contributed by atoms with E-state index < -0.39 is 5.41 Å². The van der Waals surface area contributed by atoms with Crippen LogP contribution in [0.1, 0.15) is 48.0 Å². The van der Waals surface area contributed by atoms with Crippen molar-refractivity contribution < 1.29 is 4.79 Å². The van der Waals surface area contributed by atoms with E-state index in [1.807, 2.05) is 13.0 Å². The van der Waals surface area contributed by atoms with Crippen molar-refractivity contribution in [2.45, 2.75) is 39.2 Å². The molecule has 2 aromatic heterocycles. The molecule has 1 amide bonds. The zero-order chi connectivity index (χ0) is 24.1. The first kappa shape index (κ1) is 23.1. The maximum Gasteiger partial charge on any atom is 0.256 e. The summed E-state index contributed by atoms with van der Waals surface area (Å²) in [7, 11) is 0. The molecule has 0 atom stereocenters. The van der Waals surface area contributed by atoms with Crippen molar-refractivity contribution in [2.24, 2.45) is 0 Å². The predicted molar refractivity (Wildman–Crippen MR) is 131 cm³/mol. The largest absolute Gasteiger partial charge is 0.352 e. The van der Waals surface area contributed by atoms with E-state index in [0.717, 1.165) is 25.2 Å². The molecule has 174 valence electrons. The lowest BCUT2D eigenvalue weighted by atomic mass is 9.90. The second kappa shape index (κ2) is 9.85. The molecular formula is C25H28N8O. The number of carbonyl (C=O) groups excluding carboxylic acids is 1. The van der Waals surface area contributed by atoms with Crippen molar-refractivity contribution in [1.29, 1.82) is 5.26 Å². The molecule has 0 bridgehead atoms. The van der Waals surface area contributed by atoms with Crippen molar-refractivity contribution in [2.75, 3.05) is 23.7 Å². The van der Waals surface area contributed by atoms with Gasteiger partial charge < -0.3 is 21.3 Å². The Labute approximate surface area is 199 Å². The number of amides is 1. The molecule has 1 aliphatic heterocycles. The first-order valence-electron chi connectivity index (χ1n) is 11.3. The molecule has 34 heavy (non-hydrogen) atoms. The molecule has 0 aliphatic carbocycles. The lowest BCUT2D eigenvalue weighted by molar-refractivity contribution is 0.0956. The van der Waals surface area contributed by atoms with Gasteiger partial charge in [-0.3, -0.25) is 9.78 Å². The number of nitrogens with zero attached hydrogens (tertiary/aromatic N) is 4. The maximum absolute atomic E-state index is 12.6. The summed E-state index contributed by atoms with van der Waals surface area (Å²) in [5.74, 6) is 0.448. The van der Waals surface area contributed by atoms with Crippen LogP contribution < -0.4 is 21.3 Å². The second-order valence-corrected chi connectivity index (χ2v) is 8.64. The van der Waals surface area contributed by atoms with Gasteiger partial charge in [-0.25, -0.2) is 4.98 Å². The van der Waals surface area contributed by atoms with Crippen LogP contribution in [-0.4, -0.2) is 33.9 Å². The number of rotatable bonds is 7. The number of hydrogen-bond donors (Lipinski definition) is 4. The molecule has 1 aromatic carbocycles. The fourth-order valence-electron chi connectivity index (χ4n) is 3.69. The summed E-state index contributed by atoms with van der Waals surface area (Å²) >= 11 is 0. The zero-order valence-electron chi connectivity index (χ0n) is 19.6. The standard InChI is InChI=1S/C25H28N8O/c1-4-28-23(34)20-14-30-24(32-18-6-5-16-7-9-27-13-17(16)11-18)33-22(20)31-19-8-10-29-21(12-19)25(2,3)15-26/h5-6,8,10-12,14,27H,4,7,9,13H2,1-3H3,(H,28,34)(H2,29,30,31,32,33). The number of nitrogens with one attached hydrogen (secondary N) is 4. The van der Waals surface area contributed by atoms with Gasteiger partial charge >= 0.3 is 0 Å². The third-order valence-electron chi connectivity index (χ3n) is 5.66. The highest BCUT2D eigenvalue weighted by Crippen LogP contribution is 2.26. The number of fused-ring (bicyclic) bond motifs is 1. The number of hydrogen-bond acceptors (Lipinski definition) is 8.